The summed E-state index contributed by atoms with van der Waals surface area (Å²) in [5, 5.41) is 142. The van der Waals surface area contributed by atoms with E-state index in [9.17, 15) is 71.2 Å². The van der Waals surface area contributed by atoms with Gasteiger partial charge in [0.1, 0.15) is 85.5 Å². The minimum atomic E-state index is -1.97. The molecular formula is C53H86O23. The molecule has 0 aromatic carbocycles. The molecule has 5 aliphatic heterocycles. The van der Waals surface area contributed by atoms with Crippen LogP contribution in [0.25, 0.3) is 0 Å². The zero-order chi connectivity index (χ0) is 55.2. The van der Waals surface area contributed by atoms with Gasteiger partial charge in [-0.2, -0.15) is 0 Å². The van der Waals surface area contributed by atoms with Crippen LogP contribution in [0.15, 0.2) is 0 Å². The Bertz CT molecular complexity index is 2100. The van der Waals surface area contributed by atoms with Gasteiger partial charge in [0.2, 0.25) is 0 Å². The van der Waals surface area contributed by atoms with E-state index in [-0.39, 0.29) is 28.6 Å². The van der Waals surface area contributed by atoms with Crippen molar-refractivity contribution in [3.8, 4) is 0 Å². The van der Waals surface area contributed by atoms with Crippen LogP contribution in [0, 0.1) is 50.2 Å². The van der Waals surface area contributed by atoms with Crippen LogP contribution < -0.4 is 0 Å². The molecule has 5 saturated heterocycles. The van der Waals surface area contributed by atoms with Crippen molar-refractivity contribution in [3.05, 3.63) is 0 Å². The first-order valence-corrected chi connectivity index (χ1v) is 27.7. The van der Waals surface area contributed by atoms with Crippen LogP contribution in [-0.2, 0) is 47.4 Å². The Morgan fingerprint density at radius 1 is 0.566 bits per heavy atom. The van der Waals surface area contributed by atoms with Gasteiger partial charge in [0.05, 0.1) is 55.8 Å². The second-order valence-electron chi connectivity index (χ2n) is 26.3. The number of hydrogen-bond donors (Lipinski definition) is 13. The number of hydrogen-bond acceptors (Lipinski definition) is 22. The number of aliphatic carboxylic acids is 1. The molecule has 23 nitrogen and oxygen atoms in total. The molecular weight excluding hydrogens is 1000 g/mol. The summed E-state index contributed by atoms with van der Waals surface area (Å²) >= 11 is 0. The van der Waals surface area contributed by atoms with Gasteiger partial charge in [0, 0.05) is 10.8 Å². The molecule has 0 amide bonds. The lowest BCUT2D eigenvalue weighted by atomic mass is 9.30. The molecule has 0 aromatic rings. The highest BCUT2D eigenvalue weighted by atomic mass is 16.8. The maximum atomic E-state index is 12.8. The highest BCUT2D eigenvalue weighted by molar-refractivity contribution is 5.74. The second-order valence-corrected chi connectivity index (χ2v) is 26.3. The van der Waals surface area contributed by atoms with Crippen molar-refractivity contribution in [2.45, 2.75) is 247 Å². The fourth-order valence-electron chi connectivity index (χ4n) is 17.7. The van der Waals surface area contributed by atoms with Crippen molar-refractivity contribution in [2.75, 3.05) is 26.4 Å². The Hall–Kier alpha value is -1.37. The molecule has 10 fully saturated rings. The van der Waals surface area contributed by atoms with E-state index in [1.807, 2.05) is 6.92 Å². The number of fused-ring (bicyclic) bond motifs is 4. The third-order valence-corrected chi connectivity index (χ3v) is 22.5. The third kappa shape index (κ3) is 8.48. The van der Waals surface area contributed by atoms with E-state index in [1.54, 1.807) is 0 Å². The number of carboxylic acids is 1. The van der Waals surface area contributed by atoms with Crippen LogP contribution in [0.2, 0.25) is 0 Å². The Morgan fingerprint density at radius 2 is 1.17 bits per heavy atom. The minimum Gasteiger partial charge on any atom is -0.481 e. The van der Waals surface area contributed by atoms with Crippen molar-refractivity contribution in [3.63, 3.8) is 0 Å². The predicted molar refractivity (Wildman–Crippen MR) is 257 cm³/mol. The molecule has 10 aliphatic rings. The highest BCUT2D eigenvalue weighted by Gasteiger charge is 2.80. The van der Waals surface area contributed by atoms with Crippen molar-refractivity contribution in [1.29, 1.82) is 0 Å². The summed E-state index contributed by atoms with van der Waals surface area (Å²) in [5.41, 5.74) is -3.49. The fourth-order valence-corrected chi connectivity index (χ4v) is 17.7. The van der Waals surface area contributed by atoms with Gasteiger partial charge in [-0.15, -0.1) is 0 Å². The van der Waals surface area contributed by atoms with Crippen molar-refractivity contribution in [2.24, 2.45) is 50.2 Å². The molecule has 2 bridgehead atoms. The van der Waals surface area contributed by atoms with Crippen LogP contribution in [0.4, 0.5) is 0 Å². The maximum Gasteiger partial charge on any atom is 0.309 e. The quantitative estimate of drug-likeness (QED) is 0.103. The second kappa shape index (κ2) is 20.2. The van der Waals surface area contributed by atoms with Crippen LogP contribution in [-0.4, -0.2) is 233 Å². The average Bonchev–Trinajstić information content (AvgIpc) is 3.81. The van der Waals surface area contributed by atoms with Gasteiger partial charge in [-0.05, 0) is 112 Å². The van der Waals surface area contributed by atoms with Gasteiger partial charge in [-0.25, -0.2) is 0 Å². The van der Waals surface area contributed by atoms with Crippen LogP contribution >= 0.6 is 0 Å². The van der Waals surface area contributed by atoms with Gasteiger partial charge in [0.15, 0.2) is 25.2 Å². The standard InChI is InChI=1S/C53H86O23/c1-22-31(57)34(60)37(63)42(70-22)75-40-24(19-55)72-44(39(65)36(40)62)76-41-33(59)25(73-43-38(64)35(61)32(58)23(18-54)71-43)20-68-45(41)74-30-10-11-49(5)26(47(30,2)3)8-12-50(6)27(49)9-13-53-28-16-48(4,46(66)67)14-15-52(28,21-69-53)29(56)17-51(50,53)7/h22-45,54-65H,8-21H2,1-7H3,(H,66,67). The molecule has 5 heterocycles. The van der Waals surface area contributed by atoms with Gasteiger partial charge in [-0.3, -0.25) is 4.79 Å². The van der Waals surface area contributed by atoms with E-state index < -0.39 is 182 Å². The first kappa shape index (κ1) is 57.8. The number of aliphatic hydroxyl groups excluding tert-OH is 12. The van der Waals surface area contributed by atoms with Crippen LogP contribution in [0.3, 0.4) is 0 Å². The average molecular weight is 1090 g/mol. The van der Waals surface area contributed by atoms with Gasteiger partial charge in [0.25, 0.3) is 0 Å². The fraction of sp³-hybridized carbons (Fsp3) is 0.981. The predicted octanol–water partition coefficient (Wildman–Crippen LogP) is -1.62. The largest absolute Gasteiger partial charge is 0.481 e. The molecule has 0 aromatic heterocycles. The van der Waals surface area contributed by atoms with Crippen LogP contribution in [0.1, 0.15) is 113 Å². The number of aliphatic hydroxyl groups is 12. The van der Waals surface area contributed by atoms with Gasteiger partial charge < -0.3 is 109 Å². The molecule has 436 valence electrons. The Balaban J connectivity index is 0.895. The summed E-state index contributed by atoms with van der Waals surface area (Å²) in [5.74, 6) is -0.605. The zero-order valence-corrected chi connectivity index (χ0v) is 44.7. The van der Waals surface area contributed by atoms with Gasteiger partial charge >= 0.3 is 5.97 Å². The summed E-state index contributed by atoms with van der Waals surface area (Å²) in [4.78, 5) is 12.8. The number of ether oxygens (including phenoxy) is 9. The Morgan fingerprint density at radius 3 is 1.84 bits per heavy atom. The Kier molecular flexibility index (Phi) is 15.4. The summed E-state index contributed by atoms with van der Waals surface area (Å²) in [6, 6.07) is 0. The molecule has 0 radical (unpaired) electrons. The minimum absolute atomic E-state index is 0.0895. The lowest BCUT2D eigenvalue weighted by Crippen LogP contribution is -2.74. The van der Waals surface area contributed by atoms with E-state index in [4.69, 9.17) is 42.6 Å². The van der Waals surface area contributed by atoms with E-state index in [0.717, 1.165) is 32.1 Å². The summed E-state index contributed by atoms with van der Waals surface area (Å²) in [6.07, 6.45) is -25.4. The third-order valence-electron chi connectivity index (χ3n) is 22.5. The van der Waals surface area contributed by atoms with E-state index in [0.29, 0.717) is 38.7 Å². The van der Waals surface area contributed by atoms with Crippen LogP contribution in [0.5, 0.6) is 0 Å². The van der Waals surface area contributed by atoms with Crippen molar-refractivity contribution in [1.82, 2.24) is 0 Å². The molecule has 23 heteroatoms. The first-order chi connectivity index (χ1) is 35.6. The molecule has 13 N–H and O–H groups in total. The SMILES string of the molecule is CC1OC(OC2C(CO)OC(OC3C(OC4CCC5(C)C(CCC6(C)C5CCC57OCC8(CCC(C)(C(=O)O)CC85)C(O)CC67C)C4(C)C)OCC(OC4OC(CO)C(O)C(O)C4O)C3O)C(O)C2O)C(O)C(O)C1O. The van der Waals surface area contributed by atoms with E-state index in [2.05, 4.69) is 34.6 Å². The van der Waals surface area contributed by atoms with E-state index >= 15 is 0 Å². The monoisotopic (exact) mass is 1090 g/mol. The van der Waals surface area contributed by atoms with Gasteiger partial charge in [-0.1, -0.05) is 34.6 Å². The summed E-state index contributed by atoms with van der Waals surface area (Å²) < 4.78 is 55.8. The first-order valence-electron chi connectivity index (χ1n) is 27.7. The van der Waals surface area contributed by atoms with Crippen molar-refractivity contribution >= 4 is 5.97 Å². The molecule has 5 aliphatic carbocycles. The highest BCUT2D eigenvalue weighted by Crippen LogP contribution is 2.80. The van der Waals surface area contributed by atoms with Crippen molar-refractivity contribution < 1.29 is 114 Å². The molecule has 1 spiro atoms. The number of carbonyl (C=O) groups is 1. The normalized spacial score (nSPS) is 57.9. The maximum absolute atomic E-state index is 12.8. The molecule has 5 saturated carbocycles. The van der Waals surface area contributed by atoms with E-state index in [1.165, 1.54) is 6.92 Å². The Labute approximate surface area is 442 Å². The number of rotatable bonds is 11. The number of carboxylic acid groups (broad SMARTS) is 1. The molecule has 10 rings (SSSR count). The lowest BCUT2D eigenvalue weighted by Gasteiger charge is -2.75. The molecule has 76 heavy (non-hydrogen) atoms. The topological polar surface area (TPSA) is 363 Å². The molecule has 30 unspecified atom stereocenters. The summed E-state index contributed by atoms with van der Waals surface area (Å²) in [6.45, 7) is 13.1. The molecule has 30 atom stereocenters. The smallest absolute Gasteiger partial charge is 0.309 e. The summed E-state index contributed by atoms with van der Waals surface area (Å²) in [7, 11) is 0. The zero-order valence-electron chi connectivity index (χ0n) is 44.7. The lowest BCUT2D eigenvalue weighted by molar-refractivity contribution is -0.392.